The van der Waals surface area contributed by atoms with Crippen LogP contribution in [0.2, 0.25) is 0 Å². The summed E-state index contributed by atoms with van der Waals surface area (Å²) in [6, 6.07) is 8.37. The van der Waals surface area contributed by atoms with E-state index < -0.39 is 11.7 Å². The Labute approximate surface area is 114 Å². The van der Waals surface area contributed by atoms with Crippen molar-refractivity contribution in [1.82, 2.24) is 0 Å². The lowest BCUT2D eigenvalue weighted by atomic mass is 10.1. The standard InChI is InChI=1S/C14H13FN2O3/c1-20-12-4-2-3-9(13(12)18)14(19)17-8-5-6-10(15)11(16)7-8/h2-7,18H,16H2,1H3,(H,17,19). The van der Waals surface area contributed by atoms with Crippen LogP contribution in [0, 0.1) is 5.82 Å². The number of methoxy groups -OCH3 is 1. The number of amides is 1. The van der Waals surface area contributed by atoms with Gasteiger partial charge in [0.05, 0.1) is 18.4 Å². The minimum atomic E-state index is -0.563. The summed E-state index contributed by atoms with van der Waals surface area (Å²) >= 11 is 0. The lowest BCUT2D eigenvalue weighted by Gasteiger charge is -2.10. The zero-order chi connectivity index (χ0) is 14.7. The monoisotopic (exact) mass is 276 g/mol. The fourth-order valence-electron chi connectivity index (χ4n) is 1.69. The Morgan fingerprint density at radius 2 is 2.10 bits per heavy atom. The number of benzene rings is 2. The van der Waals surface area contributed by atoms with E-state index in [2.05, 4.69) is 5.32 Å². The average Bonchev–Trinajstić information content (AvgIpc) is 2.43. The summed E-state index contributed by atoms with van der Waals surface area (Å²) in [5, 5.41) is 12.4. The first-order chi connectivity index (χ1) is 9.52. The second kappa shape index (κ2) is 5.48. The minimum absolute atomic E-state index is 0.0484. The highest BCUT2D eigenvalue weighted by Crippen LogP contribution is 2.30. The molecule has 0 aliphatic carbocycles. The van der Waals surface area contributed by atoms with Crippen LogP contribution in [0.5, 0.6) is 11.5 Å². The molecule has 0 saturated heterocycles. The van der Waals surface area contributed by atoms with Crippen LogP contribution in [0.15, 0.2) is 36.4 Å². The largest absolute Gasteiger partial charge is 0.504 e. The number of phenolic OH excluding ortho intramolecular Hbond substituents is 1. The van der Waals surface area contributed by atoms with E-state index >= 15 is 0 Å². The summed E-state index contributed by atoms with van der Waals surface area (Å²) in [5.74, 6) is -1.18. The van der Waals surface area contributed by atoms with Crippen molar-refractivity contribution < 1.29 is 19.0 Å². The van der Waals surface area contributed by atoms with E-state index in [9.17, 15) is 14.3 Å². The second-order valence-corrected chi connectivity index (χ2v) is 4.05. The average molecular weight is 276 g/mol. The zero-order valence-electron chi connectivity index (χ0n) is 10.7. The summed E-state index contributed by atoms with van der Waals surface area (Å²) in [4.78, 5) is 12.0. The summed E-state index contributed by atoms with van der Waals surface area (Å²) < 4.78 is 17.9. The molecule has 1 amide bonds. The molecule has 0 saturated carbocycles. The maximum absolute atomic E-state index is 13.0. The third kappa shape index (κ3) is 2.64. The number of aromatic hydroxyl groups is 1. The smallest absolute Gasteiger partial charge is 0.259 e. The van der Waals surface area contributed by atoms with Crippen molar-refractivity contribution in [2.24, 2.45) is 0 Å². The predicted octanol–water partition coefficient (Wildman–Crippen LogP) is 2.37. The van der Waals surface area contributed by atoms with Crippen LogP contribution < -0.4 is 15.8 Å². The van der Waals surface area contributed by atoms with Crippen LogP contribution in [0.25, 0.3) is 0 Å². The van der Waals surface area contributed by atoms with E-state index in [1.165, 1.54) is 31.4 Å². The lowest BCUT2D eigenvalue weighted by molar-refractivity contribution is 0.102. The molecule has 2 aromatic rings. The molecule has 4 N–H and O–H groups in total. The third-order valence-electron chi connectivity index (χ3n) is 2.72. The van der Waals surface area contributed by atoms with Gasteiger partial charge in [0.1, 0.15) is 5.82 Å². The Morgan fingerprint density at radius 1 is 1.35 bits per heavy atom. The van der Waals surface area contributed by atoms with Crippen molar-refractivity contribution in [3.05, 3.63) is 47.8 Å². The number of hydrogen-bond donors (Lipinski definition) is 3. The number of para-hydroxylation sites is 1. The van der Waals surface area contributed by atoms with Crippen molar-refractivity contribution in [2.45, 2.75) is 0 Å². The number of phenols is 1. The maximum atomic E-state index is 13.0. The summed E-state index contributed by atoms with van der Waals surface area (Å²) in [6.45, 7) is 0. The highest BCUT2D eigenvalue weighted by molar-refractivity contribution is 6.06. The van der Waals surface area contributed by atoms with Gasteiger partial charge in [-0.25, -0.2) is 4.39 Å². The highest BCUT2D eigenvalue weighted by Gasteiger charge is 2.15. The number of carbonyl (C=O) groups excluding carboxylic acids is 1. The minimum Gasteiger partial charge on any atom is -0.504 e. The van der Waals surface area contributed by atoms with E-state index in [1.807, 2.05) is 0 Å². The van der Waals surface area contributed by atoms with Crippen molar-refractivity contribution in [2.75, 3.05) is 18.2 Å². The number of anilines is 2. The SMILES string of the molecule is COc1cccc(C(=O)Nc2ccc(F)c(N)c2)c1O. The molecule has 0 spiro atoms. The summed E-state index contributed by atoms with van der Waals surface area (Å²) in [5.41, 5.74) is 5.72. The molecule has 104 valence electrons. The molecule has 0 aliphatic rings. The zero-order valence-corrected chi connectivity index (χ0v) is 10.7. The number of carbonyl (C=O) groups is 1. The third-order valence-corrected chi connectivity index (χ3v) is 2.72. The molecule has 6 heteroatoms. The van der Waals surface area contributed by atoms with Crippen LogP contribution >= 0.6 is 0 Å². The van der Waals surface area contributed by atoms with Gasteiger partial charge in [-0.05, 0) is 30.3 Å². The van der Waals surface area contributed by atoms with Gasteiger partial charge in [-0.15, -0.1) is 0 Å². The van der Waals surface area contributed by atoms with Crippen LogP contribution in [-0.2, 0) is 0 Å². The van der Waals surface area contributed by atoms with Crippen molar-refractivity contribution in [3.8, 4) is 11.5 Å². The van der Waals surface area contributed by atoms with Gasteiger partial charge >= 0.3 is 0 Å². The van der Waals surface area contributed by atoms with Crippen molar-refractivity contribution >= 4 is 17.3 Å². The number of hydrogen-bond acceptors (Lipinski definition) is 4. The van der Waals surface area contributed by atoms with Crippen LogP contribution in [-0.4, -0.2) is 18.1 Å². The topological polar surface area (TPSA) is 84.6 Å². The maximum Gasteiger partial charge on any atom is 0.259 e. The first-order valence-electron chi connectivity index (χ1n) is 5.75. The molecule has 2 aromatic carbocycles. The second-order valence-electron chi connectivity index (χ2n) is 4.05. The molecule has 2 rings (SSSR count). The predicted molar refractivity (Wildman–Crippen MR) is 73.4 cm³/mol. The van der Waals surface area contributed by atoms with Crippen molar-refractivity contribution in [3.63, 3.8) is 0 Å². The molecule has 0 radical (unpaired) electrons. The molecule has 0 unspecified atom stereocenters. The van der Waals surface area contributed by atoms with Gasteiger partial charge in [-0.1, -0.05) is 6.07 Å². The molecule has 0 aromatic heterocycles. The summed E-state index contributed by atoms with van der Waals surface area (Å²) in [7, 11) is 1.39. The molecule has 0 atom stereocenters. The van der Waals surface area contributed by atoms with E-state index in [0.29, 0.717) is 5.69 Å². The molecular weight excluding hydrogens is 263 g/mol. The van der Waals surface area contributed by atoms with Gasteiger partial charge in [0.2, 0.25) is 0 Å². The van der Waals surface area contributed by atoms with E-state index in [-0.39, 0.29) is 22.7 Å². The number of nitrogens with one attached hydrogen (secondary N) is 1. The summed E-state index contributed by atoms with van der Waals surface area (Å²) in [6.07, 6.45) is 0. The number of nitrogens with two attached hydrogens (primary N) is 1. The van der Waals surface area contributed by atoms with Crippen LogP contribution in [0.3, 0.4) is 0 Å². The molecule has 0 heterocycles. The molecule has 0 fully saturated rings. The number of halogens is 1. The quantitative estimate of drug-likeness (QED) is 0.751. The van der Waals surface area contributed by atoms with Gasteiger partial charge in [0, 0.05) is 5.69 Å². The van der Waals surface area contributed by atoms with Crippen LogP contribution in [0.1, 0.15) is 10.4 Å². The Morgan fingerprint density at radius 3 is 2.75 bits per heavy atom. The molecule has 5 nitrogen and oxygen atoms in total. The first-order valence-corrected chi connectivity index (χ1v) is 5.75. The molecular formula is C14H13FN2O3. The van der Waals surface area contributed by atoms with E-state index in [4.69, 9.17) is 10.5 Å². The van der Waals surface area contributed by atoms with Gasteiger partial charge in [-0.2, -0.15) is 0 Å². The number of rotatable bonds is 3. The molecule has 20 heavy (non-hydrogen) atoms. The van der Waals surface area contributed by atoms with Gasteiger partial charge in [0.15, 0.2) is 11.5 Å². The van der Waals surface area contributed by atoms with Gasteiger partial charge in [-0.3, -0.25) is 4.79 Å². The highest BCUT2D eigenvalue weighted by atomic mass is 19.1. The first kappa shape index (κ1) is 13.7. The Balaban J connectivity index is 2.26. The lowest BCUT2D eigenvalue weighted by Crippen LogP contribution is -2.12. The van der Waals surface area contributed by atoms with Crippen molar-refractivity contribution in [1.29, 1.82) is 0 Å². The molecule has 0 bridgehead atoms. The Hall–Kier alpha value is -2.76. The number of ether oxygens (including phenoxy) is 1. The number of nitrogen functional groups attached to an aromatic ring is 1. The van der Waals surface area contributed by atoms with Crippen LogP contribution in [0.4, 0.5) is 15.8 Å². The Bertz CT molecular complexity index is 659. The molecule has 0 aliphatic heterocycles. The fourth-order valence-corrected chi connectivity index (χ4v) is 1.69. The normalized spacial score (nSPS) is 10.1. The van der Waals surface area contributed by atoms with Gasteiger partial charge < -0.3 is 20.9 Å². The van der Waals surface area contributed by atoms with E-state index in [1.54, 1.807) is 6.07 Å². The van der Waals surface area contributed by atoms with E-state index in [0.717, 1.165) is 6.07 Å². The van der Waals surface area contributed by atoms with Gasteiger partial charge in [0.25, 0.3) is 5.91 Å². The Kier molecular flexibility index (Phi) is 3.74. The fraction of sp³-hybridized carbons (Fsp3) is 0.0714.